The highest BCUT2D eigenvalue weighted by Crippen LogP contribution is 2.40. The molecule has 0 aliphatic heterocycles. The van der Waals surface area contributed by atoms with Crippen molar-refractivity contribution in [2.75, 3.05) is 18.5 Å². The predicted octanol–water partition coefficient (Wildman–Crippen LogP) is 2.39. The summed E-state index contributed by atoms with van der Waals surface area (Å²) in [5.41, 5.74) is 1.13. The molecule has 1 aromatic rings. The van der Waals surface area contributed by atoms with Crippen molar-refractivity contribution in [2.45, 2.75) is 31.6 Å². The van der Waals surface area contributed by atoms with Crippen LogP contribution in [0.1, 0.15) is 37.3 Å². The lowest BCUT2D eigenvalue weighted by Gasteiger charge is -2.02. The summed E-state index contributed by atoms with van der Waals surface area (Å²) in [5.74, 6) is 1.24. The first-order valence-electron chi connectivity index (χ1n) is 6.14. The van der Waals surface area contributed by atoms with Crippen molar-refractivity contribution in [3.05, 3.63) is 11.1 Å². The van der Waals surface area contributed by atoms with Crippen LogP contribution in [0.15, 0.2) is 5.38 Å². The van der Waals surface area contributed by atoms with E-state index in [2.05, 4.69) is 10.3 Å². The average molecular weight is 252 g/mol. The number of nitrogens with zero attached hydrogens (tertiary/aromatic N) is 1. The molecule has 92 valence electrons. The molecule has 0 unspecified atom stereocenters. The molecule has 1 heterocycles. The van der Waals surface area contributed by atoms with Crippen LogP contribution in [-0.2, 0) is 9.53 Å². The van der Waals surface area contributed by atoms with Crippen molar-refractivity contribution >= 4 is 22.4 Å². The zero-order valence-corrected chi connectivity index (χ0v) is 10.5. The van der Waals surface area contributed by atoms with Crippen LogP contribution in [-0.4, -0.2) is 24.1 Å². The van der Waals surface area contributed by atoms with E-state index in [9.17, 15) is 4.79 Å². The quantitative estimate of drug-likeness (QED) is 0.845. The van der Waals surface area contributed by atoms with Crippen LogP contribution in [0.2, 0.25) is 0 Å². The van der Waals surface area contributed by atoms with Gasteiger partial charge in [-0.1, -0.05) is 0 Å². The van der Waals surface area contributed by atoms with E-state index >= 15 is 0 Å². The summed E-state index contributed by atoms with van der Waals surface area (Å²) in [5, 5.41) is 5.52. The minimum Gasteiger partial charge on any atom is -0.371 e. The second-order valence-electron chi connectivity index (χ2n) is 4.86. The fourth-order valence-corrected chi connectivity index (χ4v) is 2.48. The van der Waals surface area contributed by atoms with Gasteiger partial charge in [-0.05, 0) is 31.6 Å². The van der Waals surface area contributed by atoms with Crippen LogP contribution in [0.25, 0.3) is 0 Å². The van der Waals surface area contributed by atoms with Gasteiger partial charge in [0.05, 0.1) is 12.3 Å². The minimum atomic E-state index is -0.0950. The third kappa shape index (κ3) is 3.26. The maximum atomic E-state index is 11.5. The molecule has 2 aliphatic rings. The number of rotatable bonds is 6. The Morgan fingerprint density at radius 2 is 2.29 bits per heavy atom. The Hall–Kier alpha value is -0.940. The van der Waals surface area contributed by atoms with Gasteiger partial charge in [-0.15, -0.1) is 11.3 Å². The predicted molar refractivity (Wildman–Crippen MR) is 66.3 cm³/mol. The van der Waals surface area contributed by atoms with Gasteiger partial charge in [0.2, 0.25) is 0 Å². The van der Waals surface area contributed by atoms with Crippen molar-refractivity contribution in [1.29, 1.82) is 0 Å². The summed E-state index contributed by atoms with van der Waals surface area (Å²) in [6, 6.07) is 0. The monoisotopic (exact) mass is 252 g/mol. The molecule has 17 heavy (non-hydrogen) atoms. The van der Waals surface area contributed by atoms with Crippen LogP contribution in [0, 0.1) is 5.92 Å². The maximum Gasteiger partial charge on any atom is 0.252 e. The van der Waals surface area contributed by atoms with E-state index in [1.165, 1.54) is 37.0 Å². The smallest absolute Gasteiger partial charge is 0.252 e. The number of amides is 1. The standard InChI is InChI=1S/C12H16N2O2S/c15-11(6-16-5-8-1-2-8)14-12-13-10(7-17-12)9-3-4-9/h7-9H,1-6H2,(H,13,14,15). The fourth-order valence-electron chi connectivity index (χ4n) is 1.67. The second kappa shape index (κ2) is 4.74. The summed E-state index contributed by atoms with van der Waals surface area (Å²) < 4.78 is 5.32. The van der Waals surface area contributed by atoms with Gasteiger partial charge >= 0.3 is 0 Å². The largest absolute Gasteiger partial charge is 0.371 e. The molecule has 0 atom stereocenters. The Morgan fingerprint density at radius 1 is 1.47 bits per heavy atom. The average Bonchev–Trinajstić information content (AvgIpc) is 3.20. The fraction of sp³-hybridized carbons (Fsp3) is 0.667. The molecule has 0 aromatic carbocycles. The van der Waals surface area contributed by atoms with E-state index in [0.29, 0.717) is 17.0 Å². The number of aromatic nitrogens is 1. The molecule has 2 fully saturated rings. The highest BCUT2D eigenvalue weighted by Gasteiger charge is 2.26. The van der Waals surface area contributed by atoms with E-state index in [0.717, 1.165) is 12.3 Å². The Labute approximate surface area is 104 Å². The van der Waals surface area contributed by atoms with Crippen molar-refractivity contribution in [3.8, 4) is 0 Å². The molecule has 1 aromatic heterocycles. The molecule has 2 aliphatic carbocycles. The third-order valence-electron chi connectivity index (χ3n) is 3.05. The first-order chi connectivity index (χ1) is 8.31. The highest BCUT2D eigenvalue weighted by atomic mass is 32.1. The van der Waals surface area contributed by atoms with Gasteiger partial charge in [-0.25, -0.2) is 4.98 Å². The van der Waals surface area contributed by atoms with E-state index in [4.69, 9.17) is 4.74 Å². The van der Waals surface area contributed by atoms with Crippen LogP contribution >= 0.6 is 11.3 Å². The normalized spacial score (nSPS) is 19.3. The van der Waals surface area contributed by atoms with Crippen LogP contribution < -0.4 is 5.32 Å². The topological polar surface area (TPSA) is 51.2 Å². The van der Waals surface area contributed by atoms with Gasteiger partial charge in [-0.3, -0.25) is 10.1 Å². The Kier molecular flexibility index (Phi) is 3.11. The van der Waals surface area contributed by atoms with Gasteiger partial charge in [0.1, 0.15) is 6.61 Å². The molecule has 4 nitrogen and oxygen atoms in total. The molecule has 0 saturated heterocycles. The molecule has 3 rings (SSSR count). The molecule has 2 saturated carbocycles. The first kappa shape index (κ1) is 11.2. The summed E-state index contributed by atoms with van der Waals surface area (Å²) in [6.45, 7) is 0.869. The number of ether oxygens (including phenoxy) is 1. The third-order valence-corrected chi connectivity index (χ3v) is 3.82. The molecule has 0 bridgehead atoms. The Morgan fingerprint density at radius 3 is 3.00 bits per heavy atom. The number of anilines is 1. The number of hydrogen-bond donors (Lipinski definition) is 1. The zero-order chi connectivity index (χ0) is 11.7. The van der Waals surface area contributed by atoms with Crippen molar-refractivity contribution in [1.82, 2.24) is 4.98 Å². The van der Waals surface area contributed by atoms with Gasteiger partial charge < -0.3 is 4.74 Å². The summed E-state index contributed by atoms with van der Waals surface area (Å²) in [7, 11) is 0. The first-order valence-corrected chi connectivity index (χ1v) is 7.02. The Balaban J connectivity index is 1.42. The number of carbonyl (C=O) groups excluding carboxylic acids is 1. The molecule has 0 radical (unpaired) electrons. The van der Waals surface area contributed by atoms with Crippen LogP contribution in [0.3, 0.4) is 0 Å². The maximum absolute atomic E-state index is 11.5. The SMILES string of the molecule is O=C(COCC1CC1)Nc1nc(C2CC2)cs1. The number of nitrogens with one attached hydrogen (secondary N) is 1. The van der Waals surface area contributed by atoms with E-state index in [-0.39, 0.29) is 12.5 Å². The summed E-state index contributed by atoms with van der Waals surface area (Å²) >= 11 is 1.50. The zero-order valence-electron chi connectivity index (χ0n) is 9.65. The van der Waals surface area contributed by atoms with Crippen molar-refractivity contribution < 1.29 is 9.53 Å². The van der Waals surface area contributed by atoms with Gasteiger partial charge in [0.15, 0.2) is 5.13 Å². The number of thiazole rings is 1. The van der Waals surface area contributed by atoms with Crippen LogP contribution in [0.5, 0.6) is 0 Å². The Bertz CT molecular complexity index is 410. The molecular weight excluding hydrogens is 236 g/mol. The summed E-state index contributed by atoms with van der Waals surface area (Å²) in [4.78, 5) is 15.9. The van der Waals surface area contributed by atoms with Crippen molar-refractivity contribution in [2.24, 2.45) is 5.92 Å². The molecule has 5 heteroatoms. The summed E-state index contributed by atoms with van der Waals surface area (Å²) in [6.07, 6.45) is 4.97. The minimum absolute atomic E-state index is 0.0950. The van der Waals surface area contributed by atoms with Gasteiger partial charge in [0.25, 0.3) is 5.91 Å². The van der Waals surface area contributed by atoms with E-state index in [1.54, 1.807) is 0 Å². The number of hydrogen-bond acceptors (Lipinski definition) is 4. The van der Waals surface area contributed by atoms with Gasteiger partial charge in [-0.2, -0.15) is 0 Å². The van der Waals surface area contributed by atoms with Gasteiger partial charge in [0, 0.05) is 11.3 Å². The highest BCUT2D eigenvalue weighted by molar-refractivity contribution is 7.13. The molecule has 1 N–H and O–H groups in total. The number of carbonyl (C=O) groups is 1. The molecule has 1 amide bonds. The lowest BCUT2D eigenvalue weighted by Crippen LogP contribution is -2.18. The van der Waals surface area contributed by atoms with E-state index < -0.39 is 0 Å². The second-order valence-corrected chi connectivity index (χ2v) is 5.72. The molecular formula is C12H16N2O2S. The lowest BCUT2D eigenvalue weighted by molar-refractivity contribution is -0.120. The van der Waals surface area contributed by atoms with Crippen LogP contribution in [0.4, 0.5) is 5.13 Å². The molecule has 0 spiro atoms. The lowest BCUT2D eigenvalue weighted by atomic mass is 10.3. The van der Waals surface area contributed by atoms with Crippen molar-refractivity contribution in [3.63, 3.8) is 0 Å². The van der Waals surface area contributed by atoms with E-state index in [1.807, 2.05) is 5.38 Å².